The van der Waals surface area contributed by atoms with Crippen molar-refractivity contribution in [2.45, 2.75) is 13.8 Å². The summed E-state index contributed by atoms with van der Waals surface area (Å²) in [6, 6.07) is 8.28. The Labute approximate surface area is 84.1 Å². The van der Waals surface area contributed by atoms with Crippen LogP contribution in [0.25, 0.3) is 17.0 Å². The number of rotatable bonds is 1. The van der Waals surface area contributed by atoms with Gasteiger partial charge >= 0.3 is 0 Å². The second-order valence-electron chi connectivity index (χ2n) is 3.37. The van der Waals surface area contributed by atoms with E-state index in [2.05, 4.69) is 42.3 Å². The Bertz CT molecular complexity index is 484. The molecule has 0 aliphatic heterocycles. The summed E-state index contributed by atoms with van der Waals surface area (Å²) in [6.07, 6.45) is 6.03. The van der Waals surface area contributed by atoms with Crippen LogP contribution in [0.5, 0.6) is 0 Å². The molecular formula is C13H13N. The van der Waals surface area contributed by atoms with Crippen molar-refractivity contribution in [3.05, 3.63) is 47.7 Å². The fourth-order valence-corrected chi connectivity index (χ4v) is 1.67. The maximum Gasteiger partial charge on any atom is 0.0708 e. The van der Waals surface area contributed by atoms with E-state index in [1.807, 2.05) is 19.2 Å². The van der Waals surface area contributed by atoms with Crippen molar-refractivity contribution in [2.24, 2.45) is 0 Å². The van der Waals surface area contributed by atoms with E-state index in [1.165, 1.54) is 16.5 Å². The van der Waals surface area contributed by atoms with Crippen LogP contribution >= 0.6 is 0 Å². The highest BCUT2D eigenvalue weighted by Gasteiger charge is 2.00. The van der Waals surface area contributed by atoms with Crippen LogP contribution in [-0.4, -0.2) is 4.98 Å². The first-order chi connectivity index (χ1) is 6.83. The predicted octanol–water partition coefficient (Wildman–Crippen LogP) is 3.58. The highest BCUT2D eigenvalue weighted by molar-refractivity contribution is 5.89. The van der Waals surface area contributed by atoms with Crippen LogP contribution in [-0.2, 0) is 0 Å². The molecule has 0 spiro atoms. The molecular weight excluding hydrogens is 170 g/mol. The number of aromatic nitrogens is 1. The zero-order valence-corrected chi connectivity index (χ0v) is 8.49. The Balaban J connectivity index is 2.82. The molecule has 0 aliphatic carbocycles. The number of fused-ring (bicyclic) bond motifs is 1. The summed E-state index contributed by atoms with van der Waals surface area (Å²) in [5.74, 6) is 0. The summed E-state index contributed by atoms with van der Waals surface area (Å²) in [6.45, 7) is 4.16. The maximum atomic E-state index is 4.33. The average molecular weight is 183 g/mol. The Morgan fingerprint density at radius 1 is 1.21 bits per heavy atom. The summed E-state index contributed by atoms with van der Waals surface area (Å²) in [4.78, 5) is 4.33. The standard InChI is InChI=1S/C13H13N/c1-3-5-11-10(2)7-8-13-12(11)6-4-9-14-13/h3-9H,1-2H3. The third-order valence-electron chi connectivity index (χ3n) is 2.38. The highest BCUT2D eigenvalue weighted by Crippen LogP contribution is 2.21. The molecule has 2 rings (SSSR count). The number of aryl methyl sites for hydroxylation is 1. The molecule has 0 bridgehead atoms. The van der Waals surface area contributed by atoms with Crippen LogP contribution in [0.2, 0.25) is 0 Å². The minimum Gasteiger partial charge on any atom is -0.256 e. The monoisotopic (exact) mass is 183 g/mol. The van der Waals surface area contributed by atoms with Crippen LogP contribution in [0.3, 0.4) is 0 Å². The van der Waals surface area contributed by atoms with Crippen LogP contribution in [0, 0.1) is 6.92 Å². The molecule has 0 saturated carbocycles. The fraction of sp³-hybridized carbons (Fsp3) is 0.154. The summed E-state index contributed by atoms with van der Waals surface area (Å²) < 4.78 is 0. The molecule has 0 saturated heterocycles. The first-order valence-corrected chi connectivity index (χ1v) is 4.80. The molecule has 0 aliphatic rings. The molecule has 1 heteroatoms. The largest absolute Gasteiger partial charge is 0.256 e. The van der Waals surface area contributed by atoms with E-state index in [1.54, 1.807) is 0 Å². The molecule has 2 aromatic rings. The molecule has 1 heterocycles. The number of allylic oxidation sites excluding steroid dienone is 1. The number of benzene rings is 1. The fourth-order valence-electron chi connectivity index (χ4n) is 1.67. The molecule has 0 radical (unpaired) electrons. The van der Waals surface area contributed by atoms with Gasteiger partial charge in [-0.15, -0.1) is 0 Å². The van der Waals surface area contributed by atoms with Gasteiger partial charge in [0.05, 0.1) is 5.52 Å². The molecule has 70 valence electrons. The van der Waals surface area contributed by atoms with Crippen molar-refractivity contribution in [1.82, 2.24) is 4.98 Å². The van der Waals surface area contributed by atoms with E-state index in [-0.39, 0.29) is 0 Å². The molecule has 0 fully saturated rings. The van der Waals surface area contributed by atoms with E-state index in [0.717, 1.165) is 5.52 Å². The summed E-state index contributed by atoms with van der Waals surface area (Å²) in [5, 5.41) is 1.23. The van der Waals surface area contributed by atoms with Crippen molar-refractivity contribution in [3.63, 3.8) is 0 Å². The van der Waals surface area contributed by atoms with Crippen molar-refractivity contribution in [1.29, 1.82) is 0 Å². The third kappa shape index (κ3) is 1.41. The van der Waals surface area contributed by atoms with E-state index in [9.17, 15) is 0 Å². The second kappa shape index (κ2) is 3.62. The lowest BCUT2D eigenvalue weighted by Crippen LogP contribution is -1.85. The van der Waals surface area contributed by atoms with Crippen LogP contribution < -0.4 is 0 Å². The number of pyridine rings is 1. The lowest BCUT2D eigenvalue weighted by atomic mass is 10.0. The topological polar surface area (TPSA) is 12.9 Å². The first kappa shape index (κ1) is 8.95. The van der Waals surface area contributed by atoms with Gasteiger partial charge in [-0.1, -0.05) is 24.3 Å². The average Bonchev–Trinajstić information content (AvgIpc) is 2.23. The summed E-state index contributed by atoms with van der Waals surface area (Å²) in [7, 11) is 0. The van der Waals surface area contributed by atoms with E-state index in [4.69, 9.17) is 0 Å². The van der Waals surface area contributed by atoms with Gasteiger partial charge in [0.25, 0.3) is 0 Å². The quantitative estimate of drug-likeness (QED) is 0.658. The zero-order chi connectivity index (χ0) is 9.97. The lowest BCUT2D eigenvalue weighted by Gasteiger charge is -2.04. The second-order valence-corrected chi connectivity index (χ2v) is 3.37. The highest BCUT2D eigenvalue weighted by atomic mass is 14.6. The minimum atomic E-state index is 1.06. The van der Waals surface area contributed by atoms with Gasteiger partial charge in [-0.2, -0.15) is 0 Å². The van der Waals surface area contributed by atoms with Crippen molar-refractivity contribution in [3.8, 4) is 0 Å². The molecule has 1 aromatic carbocycles. The Kier molecular flexibility index (Phi) is 2.32. The molecule has 0 amide bonds. The molecule has 0 unspecified atom stereocenters. The van der Waals surface area contributed by atoms with E-state index < -0.39 is 0 Å². The van der Waals surface area contributed by atoms with E-state index >= 15 is 0 Å². The molecule has 1 nitrogen and oxygen atoms in total. The summed E-state index contributed by atoms with van der Waals surface area (Å²) in [5.41, 5.74) is 3.63. The van der Waals surface area contributed by atoms with Crippen LogP contribution in [0.1, 0.15) is 18.1 Å². The van der Waals surface area contributed by atoms with Gasteiger partial charge in [0.15, 0.2) is 0 Å². The smallest absolute Gasteiger partial charge is 0.0708 e. The van der Waals surface area contributed by atoms with Crippen LogP contribution in [0.4, 0.5) is 0 Å². The Hall–Kier alpha value is -1.63. The predicted molar refractivity (Wildman–Crippen MR) is 61.2 cm³/mol. The number of hydrogen-bond acceptors (Lipinski definition) is 1. The lowest BCUT2D eigenvalue weighted by molar-refractivity contribution is 1.38. The van der Waals surface area contributed by atoms with Crippen molar-refractivity contribution < 1.29 is 0 Å². The molecule has 1 aromatic heterocycles. The Morgan fingerprint density at radius 3 is 2.86 bits per heavy atom. The van der Waals surface area contributed by atoms with Gasteiger partial charge in [0.1, 0.15) is 0 Å². The van der Waals surface area contributed by atoms with Crippen LogP contribution in [0.15, 0.2) is 36.5 Å². The first-order valence-electron chi connectivity index (χ1n) is 4.80. The molecule has 14 heavy (non-hydrogen) atoms. The molecule has 0 N–H and O–H groups in total. The maximum absolute atomic E-state index is 4.33. The van der Waals surface area contributed by atoms with Gasteiger partial charge in [-0.3, -0.25) is 4.98 Å². The van der Waals surface area contributed by atoms with Gasteiger partial charge < -0.3 is 0 Å². The number of hydrogen-bond donors (Lipinski definition) is 0. The van der Waals surface area contributed by atoms with Gasteiger partial charge in [0.2, 0.25) is 0 Å². The Morgan fingerprint density at radius 2 is 2.07 bits per heavy atom. The zero-order valence-electron chi connectivity index (χ0n) is 8.49. The third-order valence-corrected chi connectivity index (χ3v) is 2.38. The normalized spacial score (nSPS) is 11.3. The summed E-state index contributed by atoms with van der Waals surface area (Å²) >= 11 is 0. The SMILES string of the molecule is CC=Cc1c(C)ccc2ncccc12. The van der Waals surface area contributed by atoms with Crippen molar-refractivity contribution in [2.75, 3.05) is 0 Å². The van der Waals surface area contributed by atoms with Gasteiger partial charge in [-0.25, -0.2) is 0 Å². The minimum absolute atomic E-state index is 1.06. The van der Waals surface area contributed by atoms with Gasteiger partial charge in [0, 0.05) is 11.6 Å². The van der Waals surface area contributed by atoms with Crippen molar-refractivity contribution >= 4 is 17.0 Å². The molecule has 0 atom stereocenters. The van der Waals surface area contributed by atoms with E-state index in [0.29, 0.717) is 0 Å². The van der Waals surface area contributed by atoms with Gasteiger partial charge in [-0.05, 0) is 37.1 Å². The number of nitrogens with zero attached hydrogens (tertiary/aromatic N) is 1.